The lowest BCUT2D eigenvalue weighted by atomic mass is 10.0. The summed E-state index contributed by atoms with van der Waals surface area (Å²) in [5.74, 6) is -0.660. The second-order valence-corrected chi connectivity index (χ2v) is 6.64. The highest BCUT2D eigenvalue weighted by atomic mass is 19.4. The molecule has 0 aliphatic carbocycles. The maximum Gasteiger partial charge on any atom is 0.416 e. The number of hydrogen-bond acceptors (Lipinski definition) is 3. The number of benzene rings is 2. The van der Waals surface area contributed by atoms with Crippen molar-refractivity contribution in [1.29, 1.82) is 0 Å². The van der Waals surface area contributed by atoms with Gasteiger partial charge in [-0.25, -0.2) is 4.98 Å². The van der Waals surface area contributed by atoms with Crippen molar-refractivity contribution < 1.29 is 35.6 Å². The molecule has 1 N–H and O–H groups in total. The first-order valence-electron chi connectivity index (χ1n) is 8.36. The van der Waals surface area contributed by atoms with Gasteiger partial charge in [0.2, 0.25) is 0 Å². The highest BCUT2D eigenvalue weighted by Crippen LogP contribution is 2.36. The van der Waals surface area contributed by atoms with E-state index in [1.54, 1.807) is 0 Å². The first-order chi connectivity index (χ1) is 13.3. The van der Waals surface area contributed by atoms with E-state index in [1.165, 1.54) is 18.2 Å². The third-order valence-electron chi connectivity index (χ3n) is 4.01. The van der Waals surface area contributed by atoms with E-state index < -0.39 is 35.0 Å². The van der Waals surface area contributed by atoms with Crippen LogP contribution in [0.2, 0.25) is 0 Å². The molecule has 0 aliphatic rings. The lowest BCUT2D eigenvalue weighted by Crippen LogP contribution is -2.17. The number of aromatic nitrogens is 1. The minimum absolute atomic E-state index is 0.00587. The second-order valence-electron chi connectivity index (χ2n) is 6.64. The van der Waals surface area contributed by atoms with E-state index in [2.05, 4.69) is 10.3 Å². The van der Waals surface area contributed by atoms with E-state index in [1.807, 2.05) is 13.8 Å². The summed E-state index contributed by atoms with van der Waals surface area (Å²) in [5, 5.41) is 2.28. The zero-order valence-electron chi connectivity index (χ0n) is 15.1. The lowest BCUT2D eigenvalue weighted by molar-refractivity contribution is -0.143. The maximum absolute atomic E-state index is 12.9. The van der Waals surface area contributed by atoms with Gasteiger partial charge in [-0.05, 0) is 30.3 Å². The van der Waals surface area contributed by atoms with Crippen molar-refractivity contribution in [3.63, 3.8) is 0 Å². The Bertz CT molecular complexity index is 1030. The van der Waals surface area contributed by atoms with Crippen LogP contribution in [0.5, 0.6) is 0 Å². The summed E-state index contributed by atoms with van der Waals surface area (Å²) in [6.07, 6.45) is -10.1. The predicted octanol–water partition coefficient (Wildman–Crippen LogP) is 6.24. The quantitative estimate of drug-likeness (QED) is 0.514. The summed E-state index contributed by atoms with van der Waals surface area (Å²) >= 11 is 0. The first kappa shape index (κ1) is 20.7. The topological polar surface area (TPSA) is 55.1 Å². The average molecular weight is 416 g/mol. The predicted molar refractivity (Wildman–Crippen MR) is 92.5 cm³/mol. The highest BCUT2D eigenvalue weighted by molar-refractivity contribution is 6.05. The van der Waals surface area contributed by atoms with Crippen molar-refractivity contribution in [2.45, 2.75) is 32.1 Å². The molecule has 10 heteroatoms. The number of carbonyl (C=O) groups excluding carboxylic acids is 1. The SMILES string of the molecule is CC(C)c1nc2ccc(NC(=O)c3cc(C(F)(F)F)cc(C(F)(F)F)c3)cc2o1. The fraction of sp³-hybridized carbons (Fsp3) is 0.263. The molecule has 4 nitrogen and oxygen atoms in total. The van der Waals surface area contributed by atoms with Gasteiger partial charge >= 0.3 is 12.4 Å². The molecule has 2 aromatic carbocycles. The van der Waals surface area contributed by atoms with Crippen LogP contribution in [0.1, 0.15) is 47.1 Å². The third kappa shape index (κ3) is 4.52. The van der Waals surface area contributed by atoms with Crippen LogP contribution < -0.4 is 5.32 Å². The number of amides is 1. The molecule has 0 aliphatic heterocycles. The molecule has 1 heterocycles. The van der Waals surface area contributed by atoms with Gasteiger partial charge in [0.1, 0.15) is 5.52 Å². The van der Waals surface area contributed by atoms with Gasteiger partial charge in [-0.15, -0.1) is 0 Å². The van der Waals surface area contributed by atoms with Crippen molar-refractivity contribution in [3.8, 4) is 0 Å². The smallest absolute Gasteiger partial charge is 0.416 e. The molecule has 3 rings (SSSR count). The molecule has 0 saturated heterocycles. The van der Waals surface area contributed by atoms with Crippen molar-refractivity contribution in [2.24, 2.45) is 0 Å². The van der Waals surface area contributed by atoms with Gasteiger partial charge in [0, 0.05) is 23.2 Å². The molecule has 1 amide bonds. The van der Waals surface area contributed by atoms with Crippen LogP contribution in [0.15, 0.2) is 40.8 Å². The van der Waals surface area contributed by atoms with Crippen LogP contribution >= 0.6 is 0 Å². The fourth-order valence-electron chi connectivity index (χ4n) is 2.56. The van der Waals surface area contributed by atoms with Gasteiger partial charge < -0.3 is 9.73 Å². The summed E-state index contributed by atoms with van der Waals surface area (Å²) in [4.78, 5) is 16.6. The van der Waals surface area contributed by atoms with Crippen molar-refractivity contribution in [1.82, 2.24) is 4.98 Å². The Morgan fingerprint density at radius 3 is 2.07 bits per heavy atom. The Kier molecular flexibility index (Phi) is 5.06. The molecular weight excluding hydrogens is 402 g/mol. The molecule has 0 unspecified atom stereocenters. The van der Waals surface area contributed by atoms with Gasteiger partial charge in [0.05, 0.1) is 11.1 Å². The maximum atomic E-state index is 12.9. The third-order valence-corrected chi connectivity index (χ3v) is 4.01. The number of alkyl halides is 6. The monoisotopic (exact) mass is 416 g/mol. The van der Waals surface area contributed by atoms with Gasteiger partial charge in [-0.1, -0.05) is 13.8 Å². The molecule has 154 valence electrons. The van der Waals surface area contributed by atoms with Gasteiger partial charge in [-0.2, -0.15) is 26.3 Å². The van der Waals surface area contributed by atoms with Gasteiger partial charge in [0.25, 0.3) is 5.91 Å². The molecular formula is C19H14F6N2O2. The highest BCUT2D eigenvalue weighted by Gasteiger charge is 2.37. The first-order valence-corrected chi connectivity index (χ1v) is 8.36. The Balaban J connectivity index is 1.95. The molecule has 0 fully saturated rings. The summed E-state index contributed by atoms with van der Waals surface area (Å²) in [7, 11) is 0. The van der Waals surface area contributed by atoms with E-state index in [4.69, 9.17) is 4.42 Å². The summed E-state index contributed by atoms with van der Waals surface area (Å²) in [6, 6.07) is 5.04. The standard InChI is InChI=1S/C19H14F6N2O2/c1-9(2)17-27-14-4-3-13(8-15(14)29-17)26-16(28)10-5-11(18(20,21)22)7-12(6-10)19(23,24)25/h3-9H,1-2H3,(H,26,28). The number of nitrogens with zero attached hydrogens (tertiary/aromatic N) is 1. The fourth-order valence-corrected chi connectivity index (χ4v) is 2.56. The molecule has 3 aromatic rings. The van der Waals surface area contributed by atoms with E-state index in [0.717, 1.165) is 0 Å². The second kappa shape index (κ2) is 7.09. The minimum atomic E-state index is -5.04. The number of fused-ring (bicyclic) bond motifs is 1. The van der Waals surface area contributed by atoms with E-state index in [9.17, 15) is 31.1 Å². The summed E-state index contributed by atoms with van der Waals surface area (Å²) < 4.78 is 83.2. The number of oxazole rings is 1. The molecule has 0 spiro atoms. The van der Waals surface area contributed by atoms with Crippen LogP contribution in [0.3, 0.4) is 0 Å². The molecule has 29 heavy (non-hydrogen) atoms. The summed E-state index contributed by atoms with van der Waals surface area (Å²) in [5.41, 5.74) is -2.93. The van der Waals surface area contributed by atoms with E-state index >= 15 is 0 Å². The molecule has 0 saturated carbocycles. The lowest BCUT2D eigenvalue weighted by Gasteiger charge is -2.14. The minimum Gasteiger partial charge on any atom is -0.440 e. The number of rotatable bonds is 3. The van der Waals surface area contributed by atoms with Gasteiger partial charge in [-0.3, -0.25) is 4.79 Å². The molecule has 1 aromatic heterocycles. The summed E-state index contributed by atoms with van der Waals surface area (Å²) in [6.45, 7) is 3.72. The zero-order chi connectivity index (χ0) is 21.6. The number of carbonyl (C=O) groups is 1. The van der Waals surface area contributed by atoms with Crippen LogP contribution in [0.25, 0.3) is 11.1 Å². The molecule has 0 atom stereocenters. The average Bonchev–Trinajstić information content (AvgIpc) is 3.03. The molecule has 0 bridgehead atoms. The number of halogens is 6. The van der Waals surface area contributed by atoms with Gasteiger partial charge in [0.15, 0.2) is 11.5 Å². The Labute approximate surface area is 160 Å². The van der Waals surface area contributed by atoms with Crippen molar-refractivity contribution >= 4 is 22.7 Å². The Morgan fingerprint density at radius 1 is 0.966 bits per heavy atom. The normalized spacial score (nSPS) is 12.6. The Hall–Kier alpha value is -3.04. The van der Waals surface area contributed by atoms with Crippen molar-refractivity contribution in [2.75, 3.05) is 5.32 Å². The van der Waals surface area contributed by atoms with Crippen LogP contribution in [-0.2, 0) is 12.4 Å². The number of anilines is 1. The van der Waals surface area contributed by atoms with Crippen LogP contribution in [0.4, 0.5) is 32.0 Å². The van der Waals surface area contributed by atoms with E-state index in [-0.39, 0.29) is 17.7 Å². The largest absolute Gasteiger partial charge is 0.440 e. The zero-order valence-corrected chi connectivity index (χ0v) is 15.1. The number of hydrogen-bond donors (Lipinski definition) is 1. The van der Waals surface area contributed by atoms with E-state index in [0.29, 0.717) is 29.1 Å². The van der Waals surface area contributed by atoms with Crippen molar-refractivity contribution in [3.05, 3.63) is 59.0 Å². The Morgan fingerprint density at radius 2 is 1.55 bits per heavy atom. The molecule has 0 radical (unpaired) electrons. The van der Waals surface area contributed by atoms with Crippen LogP contribution in [-0.4, -0.2) is 10.9 Å². The van der Waals surface area contributed by atoms with Crippen LogP contribution in [0, 0.1) is 0 Å². The number of nitrogens with one attached hydrogen (secondary N) is 1.